The molecule has 0 aromatic heterocycles. The zero-order chi connectivity index (χ0) is 22.0. The highest BCUT2D eigenvalue weighted by Gasteiger charge is 2.05. The molecule has 0 aliphatic heterocycles. The molecule has 6 nitrogen and oxygen atoms in total. The van der Waals surface area contributed by atoms with Crippen molar-refractivity contribution in [2.24, 2.45) is 5.10 Å². The fraction of sp³-hybridized carbons (Fsp3) is 0.625. The molecule has 0 aliphatic rings. The Hall–Kier alpha value is -2.37. The monoisotopic (exact) mass is 417 g/mol. The van der Waals surface area contributed by atoms with Crippen LogP contribution in [0.2, 0.25) is 0 Å². The number of hydrogen-bond donors (Lipinski definition) is 1. The van der Waals surface area contributed by atoms with E-state index in [0.29, 0.717) is 12.8 Å². The standard InChI is InChI=1S/C24H39N3O3/c1-4-6-18-27(19-7-5-2)22-16-14-21(15-17-22)20-25-26-23(28)12-10-8-9-11-13-24(29)30-3/h14-17,20H,4-13,18-19H2,1-3H3,(H,26,28)/b25-20+. The molecular formula is C24H39N3O3. The number of amides is 1. The average molecular weight is 418 g/mol. The van der Waals surface area contributed by atoms with Crippen LogP contribution in [0.4, 0.5) is 5.69 Å². The van der Waals surface area contributed by atoms with E-state index in [4.69, 9.17) is 0 Å². The van der Waals surface area contributed by atoms with E-state index < -0.39 is 0 Å². The second-order valence-electron chi connectivity index (χ2n) is 7.57. The van der Waals surface area contributed by atoms with Crippen LogP contribution in [0.15, 0.2) is 29.4 Å². The van der Waals surface area contributed by atoms with E-state index in [-0.39, 0.29) is 11.9 Å². The summed E-state index contributed by atoms with van der Waals surface area (Å²) in [4.78, 5) is 25.3. The maximum Gasteiger partial charge on any atom is 0.305 e. The fourth-order valence-corrected chi connectivity index (χ4v) is 3.08. The molecule has 168 valence electrons. The molecule has 0 saturated carbocycles. The Morgan fingerprint density at radius 3 is 2.10 bits per heavy atom. The minimum absolute atomic E-state index is 0.0823. The first-order valence-corrected chi connectivity index (χ1v) is 11.3. The van der Waals surface area contributed by atoms with Crippen molar-refractivity contribution in [3.8, 4) is 0 Å². The van der Waals surface area contributed by atoms with Crippen molar-refractivity contribution >= 4 is 23.8 Å². The number of nitrogens with zero attached hydrogens (tertiary/aromatic N) is 2. The molecule has 0 bridgehead atoms. The van der Waals surface area contributed by atoms with Gasteiger partial charge in [-0.25, -0.2) is 5.43 Å². The van der Waals surface area contributed by atoms with Gasteiger partial charge in [-0.2, -0.15) is 5.10 Å². The number of benzene rings is 1. The van der Waals surface area contributed by atoms with Gasteiger partial charge < -0.3 is 9.64 Å². The molecule has 0 aliphatic carbocycles. The Bertz CT molecular complexity index is 621. The third kappa shape index (κ3) is 11.6. The summed E-state index contributed by atoms with van der Waals surface area (Å²) in [6.07, 6.45) is 10.8. The van der Waals surface area contributed by atoms with E-state index in [9.17, 15) is 9.59 Å². The van der Waals surface area contributed by atoms with Gasteiger partial charge in [-0.3, -0.25) is 9.59 Å². The van der Waals surface area contributed by atoms with E-state index >= 15 is 0 Å². The largest absolute Gasteiger partial charge is 0.469 e. The van der Waals surface area contributed by atoms with Crippen LogP contribution in [-0.4, -0.2) is 38.3 Å². The molecule has 1 aromatic rings. The van der Waals surface area contributed by atoms with Crippen molar-refractivity contribution in [3.63, 3.8) is 0 Å². The molecule has 6 heteroatoms. The van der Waals surface area contributed by atoms with Crippen LogP contribution < -0.4 is 10.3 Å². The highest BCUT2D eigenvalue weighted by molar-refractivity contribution is 5.82. The normalized spacial score (nSPS) is 10.9. The summed E-state index contributed by atoms with van der Waals surface area (Å²) >= 11 is 0. The van der Waals surface area contributed by atoms with Crippen molar-refractivity contribution in [2.75, 3.05) is 25.1 Å². The highest BCUT2D eigenvalue weighted by Crippen LogP contribution is 2.16. The molecular weight excluding hydrogens is 378 g/mol. The average Bonchev–Trinajstić information content (AvgIpc) is 2.76. The van der Waals surface area contributed by atoms with Crippen LogP contribution in [-0.2, 0) is 14.3 Å². The lowest BCUT2D eigenvalue weighted by molar-refractivity contribution is -0.140. The lowest BCUT2D eigenvalue weighted by Gasteiger charge is -2.24. The fourth-order valence-electron chi connectivity index (χ4n) is 3.08. The summed E-state index contributed by atoms with van der Waals surface area (Å²) < 4.78 is 4.60. The van der Waals surface area contributed by atoms with Gasteiger partial charge in [-0.1, -0.05) is 51.7 Å². The van der Waals surface area contributed by atoms with Crippen LogP contribution in [0.25, 0.3) is 0 Å². The lowest BCUT2D eigenvalue weighted by Crippen LogP contribution is -2.25. The van der Waals surface area contributed by atoms with Gasteiger partial charge >= 0.3 is 5.97 Å². The number of carbonyl (C=O) groups is 2. The number of ether oxygens (including phenoxy) is 1. The molecule has 0 atom stereocenters. The van der Waals surface area contributed by atoms with Gasteiger partial charge in [-0.05, 0) is 43.4 Å². The van der Waals surface area contributed by atoms with Crippen LogP contribution in [0.3, 0.4) is 0 Å². The Kier molecular flexibility index (Phi) is 14.1. The Morgan fingerprint density at radius 1 is 0.933 bits per heavy atom. The molecule has 0 unspecified atom stereocenters. The second-order valence-corrected chi connectivity index (χ2v) is 7.57. The molecule has 0 radical (unpaired) electrons. The first kappa shape index (κ1) is 25.7. The second kappa shape index (κ2) is 16.4. The van der Waals surface area contributed by atoms with E-state index in [0.717, 1.165) is 44.3 Å². The molecule has 1 rings (SSSR count). The van der Waals surface area contributed by atoms with Crippen LogP contribution in [0.1, 0.15) is 83.6 Å². The third-order valence-corrected chi connectivity index (χ3v) is 4.99. The van der Waals surface area contributed by atoms with E-state index in [1.54, 1.807) is 6.21 Å². The van der Waals surface area contributed by atoms with Crippen molar-refractivity contribution in [1.29, 1.82) is 0 Å². The van der Waals surface area contributed by atoms with Gasteiger partial charge in [0.1, 0.15) is 0 Å². The smallest absolute Gasteiger partial charge is 0.305 e. The lowest BCUT2D eigenvalue weighted by atomic mass is 10.1. The number of anilines is 1. The molecule has 1 N–H and O–H groups in total. The number of methoxy groups -OCH3 is 1. The summed E-state index contributed by atoms with van der Waals surface area (Å²) in [5.74, 6) is -0.258. The number of unbranched alkanes of at least 4 members (excludes halogenated alkanes) is 5. The zero-order valence-corrected chi connectivity index (χ0v) is 19.0. The van der Waals surface area contributed by atoms with Crippen molar-refractivity contribution in [1.82, 2.24) is 5.43 Å². The minimum Gasteiger partial charge on any atom is -0.469 e. The number of nitrogens with one attached hydrogen (secondary N) is 1. The molecule has 1 amide bonds. The Balaban J connectivity index is 2.33. The first-order valence-electron chi connectivity index (χ1n) is 11.3. The molecule has 0 heterocycles. The quantitative estimate of drug-likeness (QED) is 0.177. The van der Waals surface area contributed by atoms with E-state index in [2.05, 4.69) is 46.1 Å². The summed E-state index contributed by atoms with van der Waals surface area (Å²) in [6, 6.07) is 8.33. The molecule has 0 saturated heterocycles. The first-order chi connectivity index (χ1) is 14.6. The molecule has 30 heavy (non-hydrogen) atoms. The van der Waals surface area contributed by atoms with Gasteiger partial charge in [0.05, 0.1) is 13.3 Å². The van der Waals surface area contributed by atoms with Crippen molar-refractivity contribution in [3.05, 3.63) is 29.8 Å². The van der Waals surface area contributed by atoms with E-state index in [1.807, 2.05) is 12.1 Å². The predicted octanol–water partition coefficient (Wildman–Crippen LogP) is 5.06. The van der Waals surface area contributed by atoms with Gasteiger partial charge in [0.2, 0.25) is 5.91 Å². The Morgan fingerprint density at radius 2 is 1.53 bits per heavy atom. The summed E-state index contributed by atoms with van der Waals surface area (Å²) in [7, 11) is 1.40. The highest BCUT2D eigenvalue weighted by atomic mass is 16.5. The number of carbonyl (C=O) groups excluding carboxylic acids is 2. The van der Waals surface area contributed by atoms with Crippen LogP contribution >= 0.6 is 0 Å². The van der Waals surface area contributed by atoms with Gasteiger partial charge in [0.15, 0.2) is 0 Å². The van der Waals surface area contributed by atoms with Gasteiger partial charge in [0, 0.05) is 31.6 Å². The summed E-state index contributed by atoms with van der Waals surface area (Å²) in [5.41, 5.74) is 4.80. The number of esters is 1. The van der Waals surface area contributed by atoms with Crippen LogP contribution in [0, 0.1) is 0 Å². The third-order valence-electron chi connectivity index (χ3n) is 4.99. The van der Waals surface area contributed by atoms with Crippen molar-refractivity contribution < 1.29 is 14.3 Å². The SMILES string of the molecule is CCCCN(CCCC)c1ccc(/C=N/NC(=O)CCCCCCC(=O)OC)cc1. The zero-order valence-electron chi connectivity index (χ0n) is 19.0. The number of hydrazone groups is 1. The summed E-state index contributed by atoms with van der Waals surface area (Å²) in [5, 5.41) is 4.07. The van der Waals surface area contributed by atoms with Gasteiger partial charge in [-0.15, -0.1) is 0 Å². The van der Waals surface area contributed by atoms with E-state index in [1.165, 1.54) is 38.5 Å². The van der Waals surface area contributed by atoms with Crippen LogP contribution in [0.5, 0.6) is 0 Å². The van der Waals surface area contributed by atoms with Crippen molar-refractivity contribution in [2.45, 2.75) is 78.1 Å². The molecule has 0 spiro atoms. The predicted molar refractivity (Wildman–Crippen MR) is 124 cm³/mol. The molecule has 1 aromatic carbocycles. The van der Waals surface area contributed by atoms with Gasteiger partial charge in [0.25, 0.3) is 0 Å². The number of hydrogen-bond acceptors (Lipinski definition) is 5. The minimum atomic E-state index is -0.176. The molecule has 0 fully saturated rings. The summed E-state index contributed by atoms with van der Waals surface area (Å²) in [6.45, 7) is 6.61. The topological polar surface area (TPSA) is 71.0 Å². The maximum absolute atomic E-state index is 11.9. The Labute approximate surface area is 182 Å². The number of rotatable bonds is 16. The maximum atomic E-state index is 11.9.